The Labute approximate surface area is 151 Å². The number of carbonyl (C=O) groups is 1. The van der Waals surface area contributed by atoms with Gasteiger partial charge >= 0.3 is 0 Å². The van der Waals surface area contributed by atoms with Gasteiger partial charge in [0.15, 0.2) is 9.84 Å². The summed E-state index contributed by atoms with van der Waals surface area (Å²) in [5, 5.41) is 5.25. The molecule has 0 unspecified atom stereocenters. The molecule has 0 bridgehead atoms. The Bertz CT molecular complexity index is 808. The average molecular weight is 383 g/mol. The zero-order chi connectivity index (χ0) is 17.9. The first kappa shape index (κ1) is 18.0. The van der Waals surface area contributed by atoms with Gasteiger partial charge in [0, 0.05) is 0 Å². The van der Waals surface area contributed by atoms with Gasteiger partial charge in [-0.25, -0.2) is 8.42 Å². The predicted molar refractivity (Wildman–Crippen MR) is 95.2 cm³/mol. The lowest BCUT2D eigenvalue weighted by Gasteiger charge is -2.19. The topological polar surface area (TPSA) is 88.4 Å². The van der Waals surface area contributed by atoms with Crippen LogP contribution in [0.25, 0.3) is 0 Å². The first-order valence-electron chi connectivity index (χ1n) is 7.90. The van der Waals surface area contributed by atoms with Crippen molar-refractivity contribution in [2.24, 2.45) is 0 Å². The van der Waals surface area contributed by atoms with Crippen molar-refractivity contribution in [3.63, 3.8) is 0 Å². The van der Waals surface area contributed by atoms with Gasteiger partial charge < -0.3 is 9.73 Å². The zero-order valence-corrected chi connectivity index (χ0v) is 15.0. The van der Waals surface area contributed by atoms with Crippen LogP contribution in [0.15, 0.2) is 53.1 Å². The largest absolute Gasteiger partial charge is 0.467 e. The van der Waals surface area contributed by atoms with Gasteiger partial charge in [-0.1, -0.05) is 30.3 Å². The van der Waals surface area contributed by atoms with Crippen LogP contribution in [0.3, 0.4) is 0 Å². The maximum atomic E-state index is 12.2. The molecule has 1 fully saturated rings. The first-order chi connectivity index (χ1) is 11.9. The van der Waals surface area contributed by atoms with E-state index in [0.29, 0.717) is 5.76 Å². The minimum Gasteiger partial charge on any atom is -0.467 e. The van der Waals surface area contributed by atoms with Gasteiger partial charge in [-0.2, -0.15) is 0 Å². The second-order valence-corrected chi connectivity index (χ2v) is 8.72. The Hall–Kier alpha value is -1.83. The van der Waals surface area contributed by atoms with Gasteiger partial charge in [0.25, 0.3) is 0 Å². The fourth-order valence-electron chi connectivity index (χ4n) is 2.87. The number of sulfone groups is 1. The molecule has 0 spiro atoms. The molecule has 0 radical (unpaired) electrons. The van der Waals surface area contributed by atoms with E-state index in [1.165, 1.54) is 0 Å². The summed E-state index contributed by atoms with van der Waals surface area (Å²) in [4.78, 5) is 12.2. The summed E-state index contributed by atoms with van der Waals surface area (Å²) in [6.45, 7) is 0.0143. The molecule has 25 heavy (non-hydrogen) atoms. The van der Waals surface area contributed by atoms with Crippen molar-refractivity contribution in [1.29, 1.82) is 0 Å². The van der Waals surface area contributed by atoms with E-state index in [1.807, 2.05) is 36.4 Å². The van der Waals surface area contributed by atoms with E-state index in [9.17, 15) is 13.2 Å². The van der Waals surface area contributed by atoms with Crippen LogP contribution in [-0.2, 0) is 14.6 Å². The molecule has 3 atom stereocenters. The van der Waals surface area contributed by atoms with Crippen molar-refractivity contribution in [3.05, 3.63) is 60.1 Å². The van der Waals surface area contributed by atoms with Crippen molar-refractivity contribution < 1.29 is 17.6 Å². The number of hydrogen-bond acceptors (Lipinski definition) is 5. The maximum Gasteiger partial charge on any atom is 0.234 e. The van der Waals surface area contributed by atoms with Crippen molar-refractivity contribution in [2.75, 3.05) is 18.1 Å². The van der Waals surface area contributed by atoms with Gasteiger partial charge in [-0.3, -0.25) is 10.1 Å². The SMILES string of the molecule is O=C(CN[C@H](c1ccccc1)c1ccco1)N[C@H]1CS(=O)(=O)C[C@@H]1Cl. The quantitative estimate of drug-likeness (QED) is 0.739. The van der Waals surface area contributed by atoms with Crippen LogP contribution in [0.4, 0.5) is 0 Å². The highest BCUT2D eigenvalue weighted by Crippen LogP contribution is 2.22. The smallest absolute Gasteiger partial charge is 0.234 e. The lowest BCUT2D eigenvalue weighted by molar-refractivity contribution is -0.120. The molecule has 2 N–H and O–H groups in total. The Morgan fingerprint density at radius 1 is 1.20 bits per heavy atom. The molecule has 134 valence electrons. The van der Waals surface area contributed by atoms with E-state index in [-0.39, 0.29) is 30.0 Å². The van der Waals surface area contributed by atoms with E-state index >= 15 is 0 Å². The summed E-state index contributed by atoms with van der Waals surface area (Å²) < 4.78 is 28.6. The summed E-state index contributed by atoms with van der Waals surface area (Å²) in [6.07, 6.45) is 1.58. The molecule has 1 aliphatic heterocycles. The fourth-order valence-corrected chi connectivity index (χ4v) is 5.42. The first-order valence-corrected chi connectivity index (χ1v) is 10.2. The number of halogens is 1. The molecule has 2 heterocycles. The van der Waals surface area contributed by atoms with Crippen molar-refractivity contribution in [3.8, 4) is 0 Å². The molecule has 1 aromatic heterocycles. The lowest BCUT2D eigenvalue weighted by Crippen LogP contribution is -2.45. The molecule has 0 saturated carbocycles. The molecule has 1 aliphatic rings. The predicted octanol–water partition coefficient (Wildman–Crippen LogP) is 1.48. The van der Waals surface area contributed by atoms with Gasteiger partial charge in [0.2, 0.25) is 5.91 Å². The van der Waals surface area contributed by atoms with Gasteiger partial charge in [0.1, 0.15) is 5.76 Å². The number of carbonyl (C=O) groups excluding carboxylic acids is 1. The molecule has 3 rings (SSSR count). The van der Waals surface area contributed by atoms with E-state index in [4.69, 9.17) is 16.0 Å². The van der Waals surface area contributed by atoms with E-state index in [2.05, 4.69) is 10.6 Å². The van der Waals surface area contributed by atoms with Gasteiger partial charge in [-0.05, 0) is 17.7 Å². The maximum absolute atomic E-state index is 12.2. The highest BCUT2D eigenvalue weighted by Gasteiger charge is 2.37. The molecule has 1 saturated heterocycles. The van der Waals surface area contributed by atoms with Gasteiger partial charge in [-0.15, -0.1) is 11.6 Å². The lowest BCUT2D eigenvalue weighted by atomic mass is 10.0. The molecule has 0 aliphatic carbocycles. The van der Waals surface area contributed by atoms with Crippen molar-refractivity contribution in [2.45, 2.75) is 17.5 Å². The minimum absolute atomic E-state index is 0.0143. The fraction of sp³-hybridized carbons (Fsp3) is 0.353. The van der Waals surface area contributed by atoms with Crippen molar-refractivity contribution >= 4 is 27.3 Å². The van der Waals surface area contributed by atoms with Crippen molar-refractivity contribution in [1.82, 2.24) is 10.6 Å². The van der Waals surface area contributed by atoms with E-state index < -0.39 is 21.3 Å². The average Bonchev–Trinajstić information content (AvgIpc) is 3.17. The minimum atomic E-state index is -3.18. The Kier molecular flexibility index (Phi) is 5.46. The molecule has 1 amide bonds. The standard InChI is InChI=1S/C17H19ClN2O4S/c18-13-10-25(22,23)11-14(13)20-16(21)9-19-17(15-7-4-8-24-15)12-5-2-1-3-6-12/h1-8,13-14,17,19H,9-11H2,(H,20,21)/t13-,14-,17+/m0/s1. The summed E-state index contributed by atoms with van der Waals surface area (Å²) in [5.74, 6) is 0.164. The van der Waals surface area contributed by atoms with Crippen LogP contribution in [0.5, 0.6) is 0 Å². The molecule has 2 aromatic rings. The number of amides is 1. The van der Waals surface area contributed by atoms with Crippen LogP contribution >= 0.6 is 11.6 Å². The number of benzene rings is 1. The van der Waals surface area contributed by atoms with E-state index in [0.717, 1.165) is 5.56 Å². The summed E-state index contributed by atoms with van der Waals surface area (Å²) in [6, 6.07) is 12.4. The van der Waals surface area contributed by atoms with Crippen LogP contribution < -0.4 is 10.6 Å². The summed E-state index contributed by atoms with van der Waals surface area (Å²) in [5.41, 5.74) is 0.962. The normalized spacial score (nSPS) is 23.2. The molecule has 8 heteroatoms. The summed E-state index contributed by atoms with van der Waals surface area (Å²) >= 11 is 6.02. The second-order valence-electron chi connectivity index (χ2n) is 6.01. The van der Waals surface area contributed by atoms with Crippen LogP contribution in [0, 0.1) is 0 Å². The van der Waals surface area contributed by atoms with Crippen LogP contribution in [0.1, 0.15) is 17.4 Å². The monoisotopic (exact) mass is 382 g/mol. The molecular weight excluding hydrogens is 364 g/mol. The third-order valence-corrected chi connectivity index (χ3v) is 6.43. The Balaban J connectivity index is 1.63. The number of hydrogen-bond donors (Lipinski definition) is 2. The highest BCUT2D eigenvalue weighted by atomic mass is 35.5. The zero-order valence-electron chi connectivity index (χ0n) is 13.4. The third kappa shape index (κ3) is 4.62. The number of alkyl halides is 1. The second kappa shape index (κ2) is 7.59. The third-order valence-electron chi connectivity index (χ3n) is 4.06. The highest BCUT2D eigenvalue weighted by molar-refractivity contribution is 7.91. The number of nitrogens with one attached hydrogen (secondary N) is 2. The van der Waals surface area contributed by atoms with Gasteiger partial charge in [0.05, 0.1) is 41.8 Å². The number of furan rings is 1. The molecule has 6 nitrogen and oxygen atoms in total. The molecular formula is C17H19ClN2O4S. The van der Waals surface area contributed by atoms with E-state index in [1.54, 1.807) is 12.3 Å². The molecule has 1 aromatic carbocycles. The van der Waals surface area contributed by atoms with Crippen LogP contribution in [0.2, 0.25) is 0 Å². The number of rotatable bonds is 6. The summed E-state index contributed by atoms with van der Waals surface area (Å²) in [7, 11) is -3.18. The van der Waals surface area contributed by atoms with Crippen LogP contribution in [-0.4, -0.2) is 43.8 Å². The Morgan fingerprint density at radius 2 is 1.96 bits per heavy atom. The Morgan fingerprint density at radius 3 is 2.56 bits per heavy atom.